The fraction of sp³-hybridized carbons (Fsp3) is 0.636. The number of hydrogen-bond acceptors (Lipinski definition) is 5. The lowest BCUT2D eigenvalue weighted by atomic mass is 10.3. The first-order valence-electron chi connectivity index (χ1n) is 6.29. The summed E-state index contributed by atoms with van der Waals surface area (Å²) >= 11 is 0. The molecule has 1 aromatic heterocycles. The van der Waals surface area contributed by atoms with E-state index in [2.05, 4.69) is 15.6 Å². The molecular formula is C11H17N5O4. The number of likely N-dealkylation sites (tertiary alicyclic amines) is 1. The van der Waals surface area contributed by atoms with E-state index in [1.54, 1.807) is 12.0 Å². The summed E-state index contributed by atoms with van der Waals surface area (Å²) in [5.74, 6) is -1.12. The molecule has 1 saturated heterocycles. The van der Waals surface area contributed by atoms with Crippen molar-refractivity contribution in [1.82, 2.24) is 25.2 Å². The Morgan fingerprint density at radius 2 is 2.40 bits per heavy atom. The topological polar surface area (TPSA) is 110 Å². The number of aromatic nitrogens is 3. The van der Waals surface area contributed by atoms with Crippen molar-refractivity contribution < 1.29 is 19.4 Å². The molecule has 2 amide bonds. The lowest BCUT2D eigenvalue weighted by Crippen LogP contribution is -2.40. The molecule has 1 aromatic rings. The van der Waals surface area contributed by atoms with E-state index in [0.717, 1.165) is 6.42 Å². The Balaban J connectivity index is 1.72. The molecule has 1 aliphatic heterocycles. The van der Waals surface area contributed by atoms with Crippen molar-refractivity contribution in [2.24, 2.45) is 0 Å². The van der Waals surface area contributed by atoms with Crippen molar-refractivity contribution in [3.63, 3.8) is 0 Å². The average molecular weight is 283 g/mol. The maximum Gasteiger partial charge on any atom is 0.358 e. The van der Waals surface area contributed by atoms with Gasteiger partial charge in [-0.05, 0) is 6.42 Å². The molecule has 2 rings (SSSR count). The highest BCUT2D eigenvalue weighted by Crippen LogP contribution is 2.11. The fourth-order valence-electron chi connectivity index (χ4n) is 2.00. The molecule has 9 nitrogen and oxygen atoms in total. The number of rotatable bonds is 5. The quantitative estimate of drug-likeness (QED) is 0.747. The molecule has 1 atom stereocenters. The van der Waals surface area contributed by atoms with E-state index >= 15 is 0 Å². The minimum Gasteiger partial charge on any atom is -0.476 e. The van der Waals surface area contributed by atoms with Crippen LogP contribution in [0.15, 0.2) is 6.20 Å². The number of urea groups is 1. The maximum absolute atomic E-state index is 11.8. The lowest BCUT2D eigenvalue weighted by Gasteiger charge is -2.16. The molecule has 0 saturated carbocycles. The van der Waals surface area contributed by atoms with Gasteiger partial charge in [-0.3, -0.25) is 0 Å². The van der Waals surface area contributed by atoms with Gasteiger partial charge in [0.25, 0.3) is 0 Å². The zero-order chi connectivity index (χ0) is 14.5. The van der Waals surface area contributed by atoms with Crippen LogP contribution in [0.5, 0.6) is 0 Å². The highest BCUT2D eigenvalue weighted by molar-refractivity contribution is 5.84. The van der Waals surface area contributed by atoms with Gasteiger partial charge >= 0.3 is 12.0 Å². The molecule has 2 heterocycles. The minimum absolute atomic E-state index is 0.106. The Morgan fingerprint density at radius 1 is 1.60 bits per heavy atom. The van der Waals surface area contributed by atoms with Crippen LogP contribution < -0.4 is 5.32 Å². The van der Waals surface area contributed by atoms with Gasteiger partial charge in [-0.1, -0.05) is 5.21 Å². The van der Waals surface area contributed by atoms with E-state index in [1.807, 2.05) is 0 Å². The number of nitrogens with zero attached hydrogens (tertiary/aromatic N) is 4. The summed E-state index contributed by atoms with van der Waals surface area (Å²) in [5, 5.41) is 18.6. The minimum atomic E-state index is -1.12. The number of methoxy groups -OCH3 is 1. The monoisotopic (exact) mass is 283 g/mol. The summed E-state index contributed by atoms with van der Waals surface area (Å²) in [4.78, 5) is 24.1. The molecule has 0 aromatic carbocycles. The van der Waals surface area contributed by atoms with Crippen molar-refractivity contribution in [2.45, 2.75) is 19.1 Å². The molecule has 110 valence electrons. The third-order valence-electron chi connectivity index (χ3n) is 3.14. The van der Waals surface area contributed by atoms with Crippen LogP contribution in [0.25, 0.3) is 0 Å². The standard InChI is InChI=1S/C11H17N5O4/c1-20-8-2-4-15(6-8)11(19)12-3-5-16-7-9(10(17)18)13-14-16/h7-8H,2-6H2,1H3,(H,12,19)(H,17,18). The zero-order valence-corrected chi connectivity index (χ0v) is 11.2. The molecule has 0 spiro atoms. The second-order valence-electron chi connectivity index (χ2n) is 4.50. The Labute approximate surface area is 115 Å². The molecule has 1 aliphatic rings. The number of aromatic carboxylic acids is 1. The van der Waals surface area contributed by atoms with Gasteiger partial charge in [-0.25, -0.2) is 14.3 Å². The van der Waals surface area contributed by atoms with E-state index in [0.29, 0.717) is 26.2 Å². The van der Waals surface area contributed by atoms with Crippen LogP contribution in [0.3, 0.4) is 0 Å². The Morgan fingerprint density at radius 3 is 3.00 bits per heavy atom. The number of carbonyl (C=O) groups is 2. The van der Waals surface area contributed by atoms with Crippen molar-refractivity contribution >= 4 is 12.0 Å². The van der Waals surface area contributed by atoms with Gasteiger partial charge in [0, 0.05) is 26.7 Å². The van der Waals surface area contributed by atoms with Gasteiger partial charge in [-0.2, -0.15) is 0 Å². The Bertz CT molecular complexity index is 489. The number of nitrogens with one attached hydrogen (secondary N) is 1. The first-order valence-corrected chi connectivity index (χ1v) is 6.29. The largest absolute Gasteiger partial charge is 0.476 e. The SMILES string of the molecule is COC1CCN(C(=O)NCCn2cc(C(=O)O)nn2)C1. The number of amides is 2. The maximum atomic E-state index is 11.8. The highest BCUT2D eigenvalue weighted by atomic mass is 16.5. The van der Waals surface area contributed by atoms with Crippen LogP contribution in [0.2, 0.25) is 0 Å². The molecule has 20 heavy (non-hydrogen) atoms. The molecular weight excluding hydrogens is 266 g/mol. The van der Waals surface area contributed by atoms with Crippen LogP contribution in [-0.2, 0) is 11.3 Å². The number of ether oxygens (including phenoxy) is 1. The third-order valence-corrected chi connectivity index (χ3v) is 3.14. The van der Waals surface area contributed by atoms with Gasteiger partial charge in [-0.15, -0.1) is 5.10 Å². The van der Waals surface area contributed by atoms with Gasteiger partial charge < -0.3 is 20.1 Å². The van der Waals surface area contributed by atoms with Gasteiger partial charge in [0.15, 0.2) is 5.69 Å². The van der Waals surface area contributed by atoms with Crippen LogP contribution in [0, 0.1) is 0 Å². The predicted molar refractivity (Wildman–Crippen MR) is 67.4 cm³/mol. The number of carbonyl (C=O) groups excluding carboxylic acids is 1. The van der Waals surface area contributed by atoms with Crippen LogP contribution in [0.4, 0.5) is 4.79 Å². The van der Waals surface area contributed by atoms with Crippen LogP contribution in [0.1, 0.15) is 16.9 Å². The van der Waals surface area contributed by atoms with E-state index in [1.165, 1.54) is 10.9 Å². The zero-order valence-electron chi connectivity index (χ0n) is 11.2. The molecule has 1 unspecified atom stereocenters. The summed E-state index contributed by atoms with van der Waals surface area (Å²) < 4.78 is 6.57. The molecule has 1 fully saturated rings. The Hall–Kier alpha value is -2.16. The molecule has 0 radical (unpaired) electrons. The Kier molecular flexibility index (Phi) is 4.51. The van der Waals surface area contributed by atoms with E-state index < -0.39 is 5.97 Å². The van der Waals surface area contributed by atoms with Crippen molar-refractivity contribution in [3.8, 4) is 0 Å². The summed E-state index contributed by atoms with van der Waals surface area (Å²) in [6.07, 6.45) is 2.27. The second-order valence-corrected chi connectivity index (χ2v) is 4.50. The predicted octanol–water partition coefficient (Wildman–Crippen LogP) is -0.593. The van der Waals surface area contributed by atoms with Crippen LogP contribution in [-0.4, -0.2) is 69.8 Å². The number of hydrogen-bond donors (Lipinski definition) is 2. The summed E-state index contributed by atoms with van der Waals surface area (Å²) in [5.41, 5.74) is -0.112. The number of carboxylic acid groups (broad SMARTS) is 1. The third kappa shape index (κ3) is 3.44. The molecule has 0 aliphatic carbocycles. The highest BCUT2D eigenvalue weighted by Gasteiger charge is 2.25. The van der Waals surface area contributed by atoms with E-state index in [-0.39, 0.29) is 17.8 Å². The first-order chi connectivity index (χ1) is 9.60. The summed E-state index contributed by atoms with van der Waals surface area (Å²) in [7, 11) is 1.64. The second kappa shape index (κ2) is 6.33. The average Bonchev–Trinajstić information content (AvgIpc) is 3.07. The first kappa shape index (κ1) is 14.3. The van der Waals surface area contributed by atoms with Gasteiger partial charge in [0.1, 0.15) is 0 Å². The van der Waals surface area contributed by atoms with Crippen molar-refractivity contribution in [1.29, 1.82) is 0 Å². The van der Waals surface area contributed by atoms with Gasteiger partial charge in [0.2, 0.25) is 0 Å². The van der Waals surface area contributed by atoms with Gasteiger partial charge in [0.05, 0.1) is 18.8 Å². The normalized spacial score (nSPS) is 18.2. The molecule has 0 bridgehead atoms. The molecule has 2 N–H and O–H groups in total. The smallest absolute Gasteiger partial charge is 0.358 e. The fourth-order valence-corrected chi connectivity index (χ4v) is 2.00. The summed E-state index contributed by atoms with van der Waals surface area (Å²) in [6, 6.07) is -0.150. The van der Waals surface area contributed by atoms with Crippen molar-refractivity contribution in [3.05, 3.63) is 11.9 Å². The van der Waals surface area contributed by atoms with Crippen molar-refractivity contribution in [2.75, 3.05) is 26.7 Å². The van der Waals surface area contributed by atoms with E-state index in [4.69, 9.17) is 9.84 Å². The van der Waals surface area contributed by atoms with E-state index in [9.17, 15) is 9.59 Å². The lowest BCUT2D eigenvalue weighted by molar-refractivity contribution is 0.0690. The molecule has 9 heteroatoms. The number of carboxylic acids is 1. The van der Waals surface area contributed by atoms with Crippen LogP contribution >= 0.6 is 0 Å². The summed E-state index contributed by atoms with van der Waals surface area (Å²) in [6.45, 7) is 1.99.